The maximum atomic E-state index is 9.29. The van der Waals surface area contributed by atoms with Gasteiger partial charge in [-0.2, -0.15) is 0 Å². The van der Waals surface area contributed by atoms with Gasteiger partial charge in [-0.3, -0.25) is 0 Å². The SMILES string of the molecule is CC1CC(Cc2nnc([C@@H](C)O)s2)C1. The van der Waals surface area contributed by atoms with Crippen molar-refractivity contribution >= 4 is 11.3 Å². The molecule has 1 aliphatic rings. The van der Waals surface area contributed by atoms with Gasteiger partial charge in [0.1, 0.15) is 16.1 Å². The smallest absolute Gasteiger partial charge is 0.145 e. The lowest BCUT2D eigenvalue weighted by atomic mass is 9.75. The monoisotopic (exact) mass is 212 g/mol. The fourth-order valence-corrected chi connectivity index (χ4v) is 2.89. The van der Waals surface area contributed by atoms with Gasteiger partial charge in [-0.1, -0.05) is 18.3 Å². The highest BCUT2D eigenvalue weighted by atomic mass is 32.1. The summed E-state index contributed by atoms with van der Waals surface area (Å²) in [6, 6.07) is 0. The van der Waals surface area contributed by atoms with Crippen LogP contribution in [-0.2, 0) is 6.42 Å². The highest BCUT2D eigenvalue weighted by molar-refractivity contribution is 7.11. The van der Waals surface area contributed by atoms with E-state index in [0.717, 1.165) is 28.3 Å². The molecular weight excluding hydrogens is 196 g/mol. The quantitative estimate of drug-likeness (QED) is 0.835. The van der Waals surface area contributed by atoms with Crippen molar-refractivity contribution in [3.8, 4) is 0 Å². The van der Waals surface area contributed by atoms with Gasteiger partial charge < -0.3 is 5.11 Å². The summed E-state index contributed by atoms with van der Waals surface area (Å²) in [7, 11) is 0. The standard InChI is InChI=1S/C10H16N2OS/c1-6-3-8(4-6)5-9-11-12-10(14-9)7(2)13/h6-8,13H,3-5H2,1-2H3/t6?,7-,8?/m1/s1. The molecular formula is C10H16N2OS. The highest BCUT2D eigenvalue weighted by Crippen LogP contribution is 2.36. The zero-order valence-electron chi connectivity index (χ0n) is 8.60. The summed E-state index contributed by atoms with van der Waals surface area (Å²) >= 11 is 1.55. The van der Waals surface area contributed by atoms with E-state index in [-0.39, 0.29) is 0 Å². The third kappa shape index (κ3) is 2.12. The fraction of sp³-hybridized carbons (Fsp3) is 0.800. The number of nitrogens with zero attached hydrogens (tertiary/aromatic N) is 2. The molecule has 2 rings (SSSR count). The molecule has 0 bridgehead atoms. The number of rotatable bonds is 3. The van der Waals surface area contributed by atoms with Crippen LogP contribution in [0.5, 0.6) is 0 Å². The summed E-state index contributed by atoms with van der Waals surface area (Å²) < 4.78 is 0. The molecule has 14 heavy (non-hydrogen) atoms. The Labute approximate surface area is 88.2 Å². The molecule has 1 heterocycles. The Balaban J connectivity index is 1.90. The van der Waals surface area contributed by atoms with E-state index in [1.807, 2.05) is 0 Å². The molecule has 1 aromatic rings. The minimum absolute atomic E-state index is 0.471. The van der Waals surface area contributed by atoms with Crippen LogP contribution >= 0.6 is 11.3 Å². The van der Waals surface area contributed by atoms with E-state index in [2.05, 4.69) is 17.1 Å². The average Bonchev–Trinajstić information content (AvgIpc) is 2.50. The molecule has 1 aromatic heterocycles. The largest absolute Gasteiger partial charge is 0.386 e. The topological polar surface area (TPSA) is 46.0 Å². The van der Waals surface area contributed by atoms with E-state index in [1.54, 1.807) is 18.3 Å². The summed E-state index contributed by atoms with van der Waals surface area (Å²) in [6.45, 7) is 4.02. The van der Waals surface area contributed by atoms with Crippen LogP contribution in [0.2, 0.25) is 0 Å². The van der Waals surface area contributed by atoms with Gasteiger partial charge in [0.15, 0.2) is 0 Å². The predicted molar refractivity (Wildman–Crippen MR) is 56.1 cm³/mol. The summed E-state index contributed by atoms with van der Waals surface area (Å²) in [5, 5.41) is 19.2. The minimum atomic E-state index is -0.471. The van der Waals surface area contributed by atoms with Crippen molar-refractivity contribution in [1.29, 1.82) is 0 Å². The molecule has 1 atom stereocenters. The molecule has 1 aliphatic carbocycles. The van der Waals surface area contributed by atoms with Crippen molar-refractivity contribution in [2.24, 2.45) is 11.8 Å². The van der Waals surface area contributed by atoms with Crippen molar-refractivity contribution in [3.05, 3.63) is 10.0 Å². The van der Waals surface area contributed by atoms with Gasteiger partial charge in [0.2, 0.25) is 0 Å². The first-order chi connectivity index (χ1) is 6.65. The Bertz CT molecular complexity index is 305. The number of aliphatic hydroxyl groups is 1. The third-order valence-electron chi connectivity index (χ3n) is 2.77. The lowest BCUT2D eigenvalue weighted by Gasteiger charge is -2.31. The van der Waals surface area contributed by atoms with Crippen LogP contribution in [0.15, 0.2) is 0 Å². The fourth-order valence-electron chi connectivity index (χ4n) is 2.00. The molecule has 1 N–H and O–H groups in total. The maximum absolute atomic E-state index is 9.29. The molecule has 4 heteroatoms. The molecule has 78 valence electrons. The van der Waals surface area contributed by atoms with Crippen molar-refractivity contribution in [2.45, 2.75) is 39.2 Å². The van der Waals surface area contributed by atoms with Gasteiger partial charge >= 0.3 is 0 Å². The van der Waals surface area contributed by atoms with Gasteiger partial charge in [-0.25, -0.2) is 0 Å². The lowest BCUT2D eigenvalue weighted by molar-refractivity contribution is 0.198. The van der Waals surface area contributed by atoms with Crippen LogP contribution in [-0.4, -0.2) is 15.3 Å². The molecule has 0 unspecified atom stereocenters. The van der Waals surface area contributed by atoms with Crippen molar-refractivity contribution < 1.29 is 5.11 Å². The summed E-state index contributed by atoms with van der Waals surface area (Å²) in [5.74, 6) is 1.70. The molecule has 0 saturated heterocycles. The van der Waals surface area contributed by atoms with Crippen LogP contribution in [0.4, 0.5) is 0 Å². The normalized spacial score (nSPS) is 28.5. The van der Waals surface area contributed by atoms with Gasteiger partial charge in [-0.15, -0.1) is 10.2 Å². The molecule has 0 spiro atoms. The number of hydrogen-bond donors (Lipinski definition) is 1. The van der Waals surface area contributed by atoms with E-state index < -0.39 is 6.10 Å². The first-order valence-electron chi connectivity index (χ1n) is 5.15. The second-order valence-electron chi connectivity index (χ2n) is 4.36. The van der Waals surface area contributed by atoms with Gasteiger partial charge in [0, 0.05) is 6.42 Å². The maximum Gasteiger partial charge on any atom is 0.145 e. The van der Waals surface area contributed by atoms with Gasteiger partial charge in [-0.05, 0) is 31.6 Å². The van der Waals surface area contributed by atoms with E-state index >= 15 is 0 Å². The zero-order chi connectivity index (χ0) is 10.1. The zero-order valence-corrected chi connectivity index (χ0v) is 9.42. The molecule has 0 aliphatic heterocycles. The molecule has 1 fully saturated rings. The molecule has 1 saturated carbocycles. The Morgan fingerprint density at radius 3 is 2.71 bits per heavy atom. The Hall–Kier alpha value is -0.480. The molecule has 0 aromatic carbocycles. The second kappa shape index (κ2) is 3.95. The van der Waals surface area contributed by atoms with Crippen LogP contribution in [0.3, 0.4) is 0 Å². The lowest BCUT2D eigenvalue weighted by Crippen LogP contribution is -2.22. The Kier molecular flexibility index (Phi) is 2.83. The van der Waals surface area contributed by atoms with Crippen molar-refractivity contribution in [1.82, 2.24) is 10.2 Å². The van der Waals surface area contributed by atoms with E-state index in [1.165, 1.54) is 12.8 Å². The number of hydrogen-bond acceptors (Lipinski definition) is 4. The average molecular weight is 212 g/mol. The van der Waals surface area contributed by atoms with E-state index in [4.69, 9.17) is 0 Å². The number of aliphatic hydroxyl groups excluding tert-OH is 1. The predicted octanol–water partition coefficient (Wildman–Crippen LogP) is 2.18. The first kappa shape index (κ1) is 10.1. The molecule has 3 nitrogen and oxygen atoms in total. The Morgan fingerprint density at radius 2 is 2.21 bits per heavy atom. The Morgan fingerprint density at radius 1 is 1.50 bits per heavy atom. The van der Waals surface area contributed by atoms with Crippen molar-refractivity contribution in [3.63, 3.8) is 0 Å². The second-order valence-corrected chi connectivity index (χ2v) is 5.45. The van der Waals surface area contributed by atoms with Crippen LogP contribution in [0, 0.1) is 11.8 Å². The number of aromatic nitrogens is 2. The van der Waals surface area contributed by atoms with Crippen LogP contribution in [0.25, 0.3) is 0 Å². The summed E-state index contributed by atoms with van der Waals surface area (Å²) in [5.41, 5.74) is 0. The highest BCUT2D eigenvalue weighted by Gasteiger charge is 2.26. The van der Waals surface area contributed by atoms with Gasteiger partial charge in [0.25, 0.3) is 0 Å². The molecule has 0 radical (unpaired) electrons. The van der Waals surface area contributed by atoms with Crippen molar-refractivity contribution in [2.75, 3.05) is 0 Å². The van der Waals surface area contributed by atoms with Gasteiger partial charge in [0.05, 0.1) is 0 Å². The van der Waals surface area contributed by atoms with E-state index in [9.17, 15) is 5.11 Å². The first-order valence-corrected chi connectivity index (χ1v) is 5.97. The summed E-state index contributed by atoms with van der Waals surface area (Å²) in [4.78, 5) is 0. The third-order valence-corrected chi connectivity index (χ3v) is 3.89. The van der Waals surface area contributed by atoms with Crippen LogP contribution in [0.1, 0.15) is 42.8 Å². The minimum Gasteiger partial charge on any atom is -0.386 e. The van der Waals surface area contributed by atoms with E-state index in [0.29, 0.717) is 0 Å². The summed E-state index contributed by atoms with van der Waals surface area (Å²) in [6.07, 6.45) is 3.23. The van der Waals surface area contributed by atoms with Crippen LogP contribution < -0.4 is 0 Å². The molecule has 0 amide bonds.